The van der Waals surface area contributed by atoms with E-state index in [4.69, 9.17) is 16.3 Å². The summed E-state index contributed by atoms with van der Waals surface area (Å²) in [5, 5.41) is 5.38. The Balaban J connectivity index is 0.00000289. The van der Waals surface area contributed by atoms with Crippen molar-refractivity contribution in [2.24, 2.45) is 11.8 Å². The Labute approximate surface area is 269 Å². The van der Waals surface area contributed by atoms with Crippen molar-refractivity contribution in [2.45, 2.75) is 69.0 Å². The molecule has 0 radical (unpaired) electrons. The number of aryl methyl sites for hydroxylation is 1. The van der Waals surface area contributed by atoms with E-state index in [9.17, 15) is 19.2 Å². The van der Waals surface area contributed by atoms with Crippen LogP contribution in [0.5, 0.6) is 0 Å². The number of nitrogens with one attached hydrogen (secondary N) is 2. The molecule has 3 aliphatic heterocycles. The van der Waals surface area contributed by atoms with Crippen LogP contribution in [-0.4, -0.2) is 65.1 Å². The van der Waals surface area contributed by atoms with Crippen molar-refractivity contribution in [1.82, 2.24) is 10.2 Å². The lowest BCUT2D eigenvalue weighted by Crippen LogP contribution is -2.55. The number of benzene rings is 1. The third kappa shape index (κ3) is 7.98. The van der Waals surface area contributed by atoms with E-state index in [-0.39, 0.29) is 110 Å². The molecule has 3 heterocycles. The third-order valence-electron chi connectivity index (χ3n) is 7.75. The molecule has 1 aromatic carbocycles. The van der Waals surface area contributed by atoms with Gasteiger partial charge in [-0.15, -0.1) is 11.6 Å². The highest BCUT2D eigenvalue weighted by Crippen LogP contribution is 2.35. The largest absolute Gasteiger partial charge is 0.366 e. The molecule has 0 spiro atoms. The van der Waals surface area contributed by atoms with E-state index in [1.54, 1.807) is 18.2 Å². The second kappa shape index (κ2) is 16.1. The van der Waals surface area contributed by atoms with Gasteiger partial charge in [0.2, 0.25) is 11.8 Å². The highest BCUT2D eigenvalue weighted by molar-refractivity contribution is 7.60. The van der Waals surface area contributed by atoms with Crippen molar-refractivity contribution < 1.29 is 23.9 Å². The first-order valence-electron chi connectivity index (χ1n) is 12.1. The van der Waals surface area contributed by atoms with Crippen LogP contribution in [0.15, 0.2) is 18.2 Å². The van der Waals surface area contributed by atoms with Crippen molar-refractivity contribution >= 4 is 108 Å². The lowest BCUT2D eigenvalue weighted by Gasteiger charge is -2.35. The van der Waals surface area contributed by atoms with Crippen LogP contribution in [0.3, 0.4) is 0 Å². The Morgan fingerprint density at radius 2 is 1.72 bits per heavy atom. The number of nitrogens with zero attached hydrogens (tertiary/aromatic N) is 1. The standard InChI is InChI=1S/C25H30ClN3O5.5H2S/c1-13-2-4-14(5-3-13)21(25(33)29-11-17(26)23-22(29)19(30)12-34-23)28-24(32)16-6-8-18-15(10-16)7-9-20(31)27-18;;;;;/h6,8,10,13-14,17,21-23H,2-5,7,9,11-12H2,1H3,(H,27,31)(H,28,32);5*1H2/t13?,14?,17-,21-,22+,23+;;;;;/m0...../s1. The molecule has 3 fully saturated rings. The third-order valence-corrected chi connectivity index (χ3v) is 8.14. The van der Waals surface area contributed by atoms with E-state index in [0.717, 1.165) is 36.9 Å². The van der Waals surface area contributed by atoms with Crippen LogP contribution in [0.4, 0.5) is 5.69 Å². The quantitative estimate of drug-likeness (QED) is 0.485. The van der Waals surface area contributed by atoms with Gasteiger partial charge in [-0.1, -0.05) is 19.8 Å². The number of ether oxygens (including phenoxy) is 1. The molecule has 1 aliphatic carbocycles. The van der Waals surface area contributed by atoms with Gasteiger partial charge >= 0.3 is 0 Å². The van der Waals surface area contributed by atoms with Crippen LogP contribution in [-0.2, 0) is 25.5 Å². The first kappa shape index (κ1) is 38.3. The first-order valence-corrected chi connectivity index (χ1v) is 12.6. The lowest BCUT2D eigenvalue weighted by molar-refractivity contribution is -0.139. The normalized spacial score (nSPS) is 27.4. The van der Waals surface area contributed by atoms with E-state index in [2.05, 4.69) is 17.6 Å². The fourth-order valence-electron chi connectivity index (χ4n) is 5.75. The average molecular weight is 658 g/mol. The zero-order valence-corrected chi connectivity index (χ0v) is 27.5. The molecule has 2 N–H and O–H groups in total. The molecular formula is C25H40ClN3O5S5. The highest BCUT2D eigenvalue weighted by atomic mass is 35.5. The molecule has 14 heteroatoms. The molecule has 3 amide bonds. The summed E-state index contributed by atoms with van der Waals surface area (Å²) in [6.45, 7) is 2.40. The fraction of sp³-hybridized carbons (Fsp3) is 0.600. The molecule has 4 atom stereocenters. The van der Waals surface area contributed by atoms with E-state index in [1.807, 2.05) is 0 Å². The minimum absolute atomic E-state index is 0. The van der Waals surface area contributed by atoms with E-state index >= 15 is 0 Å². The van der Waals surface area contributed by atoms with Crippen LogP contribution in [0, 0.1) is 11.8 Å². The Morgan fingerprint density at radius 3 is 2.38 bits per heavy atom. The molecular weight excluding hydrogens is 618 g/mol. The van der Waals surface area contributed by atoms with Gasteiger partial charge in [0.25, 0.3) is 5.91 Å². The van der Waals surface area contributed by atoms with Crippen molar-refractivity contribution in [3.8, 4) is 0 Å². The predicted molar refractivity (Wildman–Crippen MR) is 178 cm³/mol. The monoisotopic (exact) mass is 657 g/mol. The van der Waals surface area contributed by atoms with Gasteiger partial charge in [-0.3, -0.25) is 19.2 Å². The number of hydrogen-bond donors (Lipinski definition) is 2. The Bertz CT molecular complexity index is 1040. The highest BCUT2D eigenvalue weighted by Gasteiger charge is 2.53. The van der Waals surface area contributed by atoms with Crippen molar-refractivity contribution in [3.63, 3.8) is 0 Å². The molecule has 0 aromatic heterocycles. The zero-order valence-electron chi connectivity index (χ0n) is 21.7. The molecule has 1 aromatic rings. The SMILES string of the molecule is CC1CCC([C@H](NC(=O)c2ccc3c(c2)CCC(=O)N3)C(=O)N2C[C@H](Cl)[C@H]3OCC(=O)[C@H]32)CC1.S.S.S.S.S. The van der Waals surface area contributed by atoms with Gasteiger partial charge in [-0.05, 0) is 54.9 Å². The molecule has 222 valence electrons. The number of carbonyl (C=O) groups is 4. The number of hydrogen-bond acceptors (Lipinski definition) is 5. The smallest absolute Gasteiger partial charge is 0.251 e. The van der Waals surface area contributed by atoms with Gasteiger partial charge in [0.1, 0.15) is 24.8 Å². The van der Waals surface area contributed by atoms with Gasteiger partial charge in [0, 0.05) is 24.2 Å². The number of likely N-dealkylation sites (tertiary alicyclic amines) is 1. The zero-order chi connectivity index (χ0) is 24.0. The molecule has 1 saturated carbocycles. The van der Waals surface area contributed by atoms with Crippen LogP contribution in [0.2, 0.25) is 0 Å². The Kier molecular flexibility index (Phi) is 15.8. The number of Topliss-reactive ketones (excluding diaryl/α,β-unsaturated/α-hetero) is 1. The molecule has 39 heavy (non-hydrogen) atoms. The number of amides is 3. The molecule has 4 aliphatic rings. The molecule has 8 nitrogen and oxygen atoms in total. The number of alkyl halides is 1. The van der Waals surface area contributed by atoms with Gasteiger partial charge in [-0.2, -0.15) is 67.5 Å². The summed E-state index contributed by atoms with van der Waals surface area (Å²) in [6, 6.07) is 3.78. The molecule has 0 bridgehead atoms. The summed E-state index contributed by atoms with van der Waals surface area (Å²) < 4.78 is 5.54. The number of fused-ring (bicyclic) bond motifs is 2. The summed E-state index contributed by atoms with van der Waals surface area (Å²) in [5.41, 5.74) is 2.08. The van der Waals surface area contributed by atoms with Crippen LogP contribution in [0.25, 0.3) is 0 Å². The number of ketones is 1. The summed E-state index contributed by atoms with van der Waals surface area (Å²) in [6.07, 6.45) is 4.13. The van der Waals surface area contributed by atoms with Crippen molar-refractivity contribution in [3.05, 3.63) is 29.3 Å². The number of carbonyl (C=O) groups excluding carboxylic acids is 4. The number of anilines is 1. The topological polar surface area (TPSA) is 105 Å². The summed E-state index contributed by atoms with van der Waals surface area (Å²) in [7, 11) is 0. The molecule has 2 saturated heterocycles. The maximum Gasteiger partial charge on any atom is 0.251 e. The summed E-state index contributed by atoms with van der Waals surface area (Å²) in [4.78, 5) is 52.7. The van der Waals surface area contributed by atoms with Crippen LogP contribution in [0.1, 0.15) is 54.9 Å². The molecule has 5 rings (SSSR count). The van der Waals surface area contributed by atoms with E-state index in [0.29, 0.717) is 24.3 Å². The lowest BCUT2D eigenvalue weighted by atomic mass is 9.78. The summed E-state index contributed by atoms with van der Waals surface area (Å²) >= 11 is 6.42. The maximum absolute atomic E-state index is 13.8. The van der Waals surface area contributed by atoms with Gasteiger partial charge in [-0.25, -0.2) is 0 Å². The first-order chi connectivity index (χ1) is 16.3. The van der Waals surface area contributed by atoms with Gasteiger partial charge in [0.05, 0.1) is 5.38 Å². The second-order valence-electron chi connectivity index (χ2n) is 10.1. The number of halogens is 1. The van der Waals surface area contributed by atoms with Crippen molar-refractivity contribution in [1.29, 1.82) is 0 Å². The number of rotatable bonds is 4. The average Bonchev–Trinajstić information content (AvgIpc) is 3.37. The minimum Gasteiger partial charge on any atom is -0.366 e. The van der Waals surface area contributed by atoms with Gasteiger partial charge in [0.15, 0.2) is 5.78 Å². The van der Waals surface area contributed by atoms with E-state index < -0.39 is 23.6 Å². The van der Waals surface area contributed by atoms with Crippen LogP contribution < -0.4 is 10.6 Å². The van der Waals surface area contributed by atoms with E-state index in [1.165, 1.54) is 4.90 Å². The van der Waals surface area contributed by atoms with Crippen molar-refractivity contribution in [2.75, 3.05) is 18.5 Å². The molecule has 0 unspecified atom stereocenters. The fourth-order valence-corrected chi connectivity index (χ4v) is 6.11. The van der Waals surface area contributed by atoms with Crippen LogP contribution >= 0.6 is 79.1 Å². The maximum atomic E-state index is 13.8. The second-order valence-corrected chi connectivity index (χ2v) is 10.6. The summed E-state index contributed by atoms with van der Waals surface area (Å²) in [5.74, 6) is -0.171. The predicted octanol–water partition coefficient (Wildman–Crippen LogP) is 2.85. The Morgan fingerprint density at radius 1 is 1.05 bits per heavy atom. The minimum atomic E-state index is -0.730. The Hall–Kier alpha value is -0.700. The van der Waals surface area contributed by atoms with Gasteiger partial charge < -0.3 is 20.3 Å².